The highest BCUT2D eigenvalue weighted by molar-refractivity contribution is 6.02. The first kappa shape index (κ1) is 14.9. The summed E-state index contributed by atoms with van der Waals surface area (Å²) in [5, 5.41) is 19.0. The highest BCUT2D eigenvalue weighted by atomic mass is 16.3. The van der Waals surface area contributed by atoms with Gasteiger partial charge in [0.1, 0.15) is 11.3 Å². The summed E-state index contributed by atoms with van der Waals surface area (Å²) < 4.78 is 3.04. The number of aromatic nitrogens is 5. The van der Waals surface area contributed by atoms with Crippen LogP contribution < -0.4 is 5.32 Å². The maximum Gasteiger partial charge on any atom is 0.277 e. The predicted octanol–water partition coefficient (Wildman–Crippen LogP) is 0.373. The van der Waals surface area contributed by atoms with Gasteiger partial charge < -0.3 is 14.8 Å². The summed E-state index contributed by atoms with van der Waals surface area (Å²) in [5.41, 5.74) is 1.66. The zero-order valence-electron chi connectivity index (χ0n) is 12.3. The molecule has 0 radical (unpaired) electrons. The van der Waals surface area contributed by atoms with Gasteiger partial charge in [0.05, 0.1) is 25.0 Å². The van der Waals surface area contributed by atoms with Crippen molar-refractivity contribution in [3.63, 3.8) is 0 Å². The van der Waals surface area contributed by atoms with E-state index in [1.165, 1.54) is 17.8 Å². The molecule has 0 aliphatic rings. The molecule has 0 spiro atoms. The van der Waals surface area contributed by atoms with Crippen LogP contribution in [-0.4, -0.2) is 47.8 Å². The van der Waals surface area contributed by atoms with Crippen LogP contribution in [0.2, 0.25) is 0 Å². The number of aliphatic hydroxyl groups excluding tert-OH is 1. The van der Waals surface area contributed by atoms with Crippen LogP contribution in [0.4, 0.5) is 5.69 Å². The molecule has 9 heteroatoms. The van der Waals surface area contributed by atoms with Gasteiger partial charge in [-0.2, -0.15) is 0 Å². The van der Waals surface area contributed by atoms with E-state index in [-0.39, 0.29) is 24.6 Å². The number of pyridine rings is 1. The molecule has 3 heterocycles. The molecule has 23 heavy (non-hydrogen) atoms. The molecule has 0 atom stereocenters. The van der Waals surface area contributed by atoms with Crippen molar-refractivity contribution in [1.82, 2.24) is 24.4 Å². The van der Waals surface area contributed by atoms with Crippen molar-refractivity contribution in [3.05, 3.63) is 42.1 Å². The van der Waals surface area contributed by atoms with E-state index in [0.717, 1.165) is 0 Å². The quantitative estimate of drug-likeness (QED) is 0.658. The normalized spacial score (nSPS) is 10.9. The molecule has 0 aromatic carbocycles. The second-order valence-corrected chi connectivity index (χ2v) is 4.91. The summed E-state index contributed by atoms with van der Waals surface area (Å²) in [6.45, 7) is 1.63. The monoisotopic (exact) mass is 314 g/mol. The molecule has 3 aromatic heterocycles. The Morgan fingerprint density at radius 2 is 2.04 bits per heavy atom. The fraction of sp³-hybridized carbons (Fsp3) is 0.214. The Kier molecular flexibility index (Phi) is 3.85. The van der Waals surface area contributed by atoms with Crippen LogP contribution in [0.1, 0.15) is 27.9 Å². The van der Waals surface area contributed by atoms with Gasteiger partial charge in [0.2, 0.25) is 0 Å². The lowest BCUT2D eigenvalue weighted by Crippen LogP contribution is -2.12. The van der Waals surface area contributed by atoms with Crippen LogP contribution in [0.3, 0.4) is 0 Å². The first-order chi connectivity index (χ1) is 11.1. The Hall–Kier alpha value is -3.07. The molecule has 0 saturated heterocycles. The fourth-order valence-corrected chi connectivity index (χ4v) is 2.04. The predicted molar refractivity (Wildman–Crippen MR) is 80.3 cm³/mol. The van der Waals surface area contributed by atoms with E-state index < -0.39 is 5.91 Å². The summed E-state index contributed by atoms with van der Waals surface area (Å²) in [6, 6.07) is 3.38. The van der Waals surface area contributed by atoms with Gasteiger partial charge in [-0.3, -0.25) is 9.59 Å². The second-order valence-electron chi connectivity index (χ2n) is 4.91. The van der Waals surface area contributed by atoms with E-state index in [1.54, 1.807) is 28.9 Å². The van der Waals surface area contributed by atoms with Gasteiger partial charge in [-0.1, -0.05) is 5.21 Å². The number of Topliss-reactive ketones (excluding diaryl/α,β-unsaturated/α-hetero) is 1. The van der Waals surface area contributed by atoms with E-state index in [4.69, 9.17) is 5.11 Å². The lowest BCUT2D eigenvalue weighted by molar-refractivity contribution is 0.100. The van der Waals surface area contributed by atoms with E-state index in [1.807, 2.05) is 0 Å². The third-order valence-corrected chi connectivity index (χ3v) is 3.17. The zero-order valence-corrected chi connectivity index (χ0v) is 12.3. The third-order valence-electron chi connectivity index (χ3n) is 3.17. The molecule has 0 unspecified atom stereocenters. The summed E-state index contributed by atoms with van der Waals surface area (Å²) in [4.78, 5) is 27.6. The van der Waals surface area contributed by atoms with Crippen LogP contribution in [0.25, 0.3) is 5.65 Å². The van der Waals surface area contributed by atoms with Gasteiger partial charge in [0, 0.05) is 19.3 Å². The number of aliphatic hydroxyl groups is 1. The highest BCUT2D eigenvalue weighted by Crippen LogP contribution is 2.13. The number of carbonyl (C=O) groups is 2. The van der Waals surface area contributed by atoms with Crippen LogP contribution in [0.15, 0.2) is 30.7 Å². The minimum absolute atomic E-state index is 0.0831. The SMILES string of the molecule is CC(=O)c1cn2cc(NC(=O)c3cn(CCO)nn3)ccc2n1. The van der Waals surface area contributed by atoms with Gasteiger partial charge in [0.15, 0.2) is 11.5 Å². The number of nitrogens with zero attached hydrogens (tertiary/aromatic N) is 5. The number of anilines is 1. The van der Waals surface area contributed by atoms with Gasteiger partial charge in [-0.15, -0.1) is 5.10 Å². The van der Waals surface area contributed by atoms with Crippen LogP contribution in [0.5, 0.6) is 0 Å². The van der Waals surface area contributed by atoms with E-state index in [2.05, 4.69) is 20.6 Å². The van der Waals surface area contributed by atoms with Crippen molar-refractivity contribution in [2.45, 2.75) is 13.5 Å². The molecule has 0 aliphatic carbocycles. The average molecular weight is 314 g/mol. The van der Waals surface area contributed by atoms with E-state index in [0.29, 0.717) is 17.0 Å². The van der Waals surface area contributed by atoms with Crippen molar-refractivity contribution in [2.75, 3.05) is 11.9 Å². The van der Waals surface area contributed by atoms with Crippen molar-refractivity contribution in [1.29, 1.82) is 0 Å². The van der Waals surface area contributed by atoms with Crippen LogP contribution >= 0.6 is 0 Å². The number of amides is 1. The lowest BCUT2D eigenvalue weighted by Gasteiger charge is -2.03. The number of nitrogens with one attached hydrogen (secondary N) is 1. The minimum Gasteiger partial charge on any atom is -0.394 e. The Bertz CT molecular complexity index is 882. The topological polar surface area (TPSA) is 114 Å². The largest absolute Gasteiger partial charge is 0.394 e. The Morgan fingerprint density at radius 3 is 2.78 bits per heavy atom. The molecular formula is C14H14N6O3. The molecule has 2 N–H and O–H groups in total. The third kappa shape index (κ3) is 3.09. The number of hydrogen-bond donors (Lipinski definition) is 2. The molecule has 0 fully saturated rings. The van der Waals surface area contributed by atoms with Gasteiger partial charge in [0.25, 0.3) is 5.91 Å². The molecule has 3 rings (SSSR count). The molecule has 1 amide bonds. The van der Waals surface area contributed by atoms with Crippen molar-refractivity contribution in [2.24, 2.45) is 0 Å². The Labute approximate surface area is 130 Å². The molecular weight excluding hydrogens is 300 g/mol. The molecule has 0 aliphatic heterocycles. The molecule has 0 saturated carbocycles. The number of hydrogen-bond acceptors (Lipinski definition) is 6. The first-order valence-corrected chi connectivity index (χ1v) is 6.89. The number of rotatable bonds is 5. The smallest absolute Gasteiger partial charge is 0.277 e. The summed E-state index contributed by atoms with van der Waals surface area (Å²) in [5.74, 6) is -0.541. The zero-order chi connectivity index (χ0) is 16.4. The maximum absolute atomic E-state index is 12.1. The Balaban J connectivity index is 1.79. The highest BCUT2D eigenvalue weighted by Gasteiger charge is 2.12. The van der Waals surface area contributed by atoms with Crippen molar-refractivity contribution >= 4 is 23.0 Å². The maximum atomic E-state index is 12.1. The van der Waals surface area contributed by atoms with Gasteiger partial charge >= 0.3 is 0 Å². The summed E-state index contributed by atoms with van der Waals surface area (Å²) in [7, 11) is 0. The van der Waals surface area contributed by atoms with Gasteiger partial charge in [-0.25, -0.2) is 9.67 Å². The minimum atomic E-state index is -0.416. The molecule has 3 aromatic rings. The summed E-state index contributed by atoms with van der Waals surface area (Å²) in [6.07, 6.45) is 4.71. The van der Waals surface area contributed by atoms with Crippen LogP contribution in [-0.2, 0) is 6.54 Å². The number of fused-ring (bicyclic) bond motifs is 1. The van der Waals surface area contributed by atoms with E-state index in [9.17, 15) is 9.59 Å². The molecule has 118 valence electrons. The van der Waals surface area contributed by atoms with Gasteiger partial charge in [-0.05, 0) is 12.1 Å². The van der Waals surface area contributed by atoms with E-state index >= 15 is 0 Å². The molecule has 0 bridgehead atoms. The fourth-order valence-electron chi connectivity index (χ4n) is 2.04. The summed E-state index contributed by atoms with van der Waals surface area (Å²) >= 11 is 0. The second kappa shape index (κ2) is 5.97. The van der Waals surface area contributed by atoms with Crippen molar-refractivity contribution in [3.8, 4) is 0 Å². The first-order valence-electron chi connectivity index (χ1n) is 6.89. The number of ketones is 1. The Morgan fingerprint density at radius 1 is 1.22 bits per heavy atom. The van der Waals surface area contributed by atoms with Crippen LogP contribution in [0, 0.1) is 0 Å². The average Bonchev–Trinajstić information content (AvgIpc) is 3.13. The van der Waals surface area contributed by atoms with Crippen molar-refractivity contribution < 1.29 is 14.7 Å². The lowest BCUT2D eigenvalue weighted by atomic mass is 10.3. The number of imidazole rings is 1. The molecule has 9 nitrogen and oxygen atoms in total. The standard InChI is InChI=1S/C14H14N6O3/c1-9(22)11-7-19-6-10(2-3-13(19)16-11)15-14(23)12-8-20(4-5-21)18-17-12/h2-3,6-8,21H,4-5H2,1H3,(H,15,23). The number of carbonyl (C=O) groups excluding carboxylic acids is 2.